The highest BCUT2D eigenvalue weighted by Crippen LogP contribution is 2.23. The van der Waals surface area contributed by atoms with Gasteiger partial charge in [-0.15, -0.1) is 0 Å². The monoisotopic (exact) mass is 329 g/mol. The summed E-state index contributed by atoms with van der Waals surface area (Å²) in [5.41, 5.74) is 1.93. The average molecular weight is 330 g/mol. The molecule has 0 spiro atoms. The summed E-state index contributed by atoms with van der Waals surface area (Å²) in [6, 6.07) is 11.8. The first-order chi connectivity index (χ1) is 11.0. The van der Waals surface area contributed by atoms with Crippen molar-refractivity contribution in [2.24, 2.45) is 0 Å². The first-order valence-corrected chi connectivity index (χ1v) is 7.15. The second kappa shape index (κ2) is 6.10. The van der Waals surface area contributed by atoms with Gasteiger partial charge in [0.15, 0.2) is 5.58 Å². The quantitative estimate of drug-likeness (QED) is 0.767. The SMILES string of the molecule is CC(=O)Nc1ccc2nc(NC(=O)c3ccccc3Cl)oc2c1. The van der Waals surface area contributed by atoms with Gasteiger partial charge in [-0.05, 0) is 24.3 Å². The van der Waals surface area contributed by atoms with Crippen LogP contribution in [0.15, 0.2) is 46.9 Å². The van der Waals surface area contributed by atoms with Crippen LogP contribution >= 0.6 is 11.6 Å². The number of fused-ring (bicyclic) bond motifs is 1. The summed E-state index contributed by atoms with van der Waals surface area (Å²) in [5, 5.41) is 5.55. The summed E-state index contributed by atoms with van der Waals surface area (Å²) in [6.07, 6.45) is 0. The van der Waals surface area contributed by atoms with Gasteiger partial charge in [0.25, 0.3) is 5.91 Å². The van der Waals surface area contributed by atoms with Gasteiger partial charge in [-0.2, -0.15) is 4.98 Å². The Balaban J connectivity index is 1.85. The van der Waals surface area contributed by atoms with Crippen LogP contribution < -0.4 is 10.6 Å². The Kier molecular flexibility index (Phi) is 3.99. The molecule has 0 saturated carbocycles. The van der Waals surface area contributed by atoms with Gasteiger partial charge in [-0.25, -0.2) is 0 Å². The first kappa shape index (κ1) is 15.1. The van der Waals surface area contributed by atoms with E-state index in [1.54, 1.807) is 42.5 Å². The minimum atomic E-state index is -0.413. The van der Waals surface area contributed by atoms with Gasteiger partial charge < -0.3 is 9.73 Å². The van der Waals surface area contributed by atoms with Crippen molar-refractivity contribution < 1.29 is 14.0 Å². The van der Waals surface area contributed by atoms with Crippen molar-refractivity contribution in [1.82, 2.24) is 4.98 Å². The van der Waals surface area contributed by atoms with Crippen LogP contribution in [0.3, 0.4) is 0 Å². The highest BCUT2D eigenvalue weighted by atomic mass is 35.5. The highest BCUT2D eigenvalue weighted by Gasteiger charge is 2.14. The molecular weight excluding hydrogens is 318 g/mol. The molecule has 3 rings (SSSR count). The zero-order valence-corrected chi connectivity index (χ0v) is 12.8. The van der Waals surface area contributed by atoms with E-state index in [9.17, 15) is 9.59 Å². The second-order valence-electron chi connectivity index (χ2n) is 4.82. The number of hydrogen-bond acceptors (Lipinski definition) is 4. The molecule has 1 aromatic heterocycles. The van der Waals surface area contributed by atoms with E-state index in [0.717, 1.165) is 0 Å². The van der Waals surface area contributed by atoms with Crippen molar-refractivity contribution >= 4 is 46.2 Å². The fourth-order valence-electron chi connectivity index (χ4n) is 2.07. The van der Waals surface area contributed by atoms with Gasteiger partial charge in [0.2, 0.25) is 5.91 Å². The average Bonchev–Trinajstić information content (AvgIpc) is 2.88. The molecule has 7 heteroatoms. The molecule has 2 aromatic carbocycles. The molecule has 3 aromatic rings. The number of anilines is 2. The van der Waals surface area contributed by atoms with Crippen LogP contribution in [0, 0.1) is 0 Å². The molecule has 0 fully saturated rings. The minimum absolute atomic E-state index is 0.0601. The summed E-state index contributed by atoms with van der Waals surface area (Å²) < 4.78 is 5.48. The maximum atomic E-state index is 12.2. The lowest BCUT2D eigenvalue weighted by molar-refractivity contribution is -0.114. The van der Waals surface area contributed by atoms with E-state index in [2.05, 4.69) is 15.6 Å². The smallest absolute Gasteiger partial charge is 0.302 e. The van der Waals surface area contributed by atoms with E-state index in [4.69, 9.17) is 16.0 Å². The van der Waals surface area contributed by atoms with E-state index in [1.165, 1.54) is 6.92 Å². The van der Waals surface area contributed by atoms with Crippen LogP contribution in [0.1, 0.15) is 17.3 Å². The lowest BCUT2D eigenvalue weighted by atomic mass is 10.2. The first-order valence-electron chi connectivity index (χ1n) is 6.77. The molecule has 0 unspecified atom stereocenters. The Morgan fingerprint density at radius 1 is 1.13 bits per heavy atom. The third kappa shape index (κ3) is 3.32. The summed E-state index contributed by atoms with van der Waals surface area (Å²) >= 11 is 5.98. The summed E-state index contributed by atoms with van der Waals surface area (Å²) in [5.74, 6) is -0.597. The van der Waals surface area contributed by atoms with Crippen LogP contribution in [0.25, 0.3) is 11.1 Å². The molecule has 0 aliphatic heterocycles. The molecule has 0 aliphatic carbocycles. The Bertz CT molecular complexity index is 904. The zero-order chi connectivity index (χ0) is 16.4. The fourth-order valence-corrected chi connectivity index (χ4v) is 2.29. The maximum absolute atomic E-state index is 12.2. The Morgan fingerprint density at radius 3 is 2.65 bits per heavy atom. The van der Waals surface area contributed by atoms with Crippen LogP contribution in [-0.4, -0.2) is 16.8 Å². The normalized spacial score (nSPS) is 10.5. The molecule has 0 saturated heterocycles. The van der Waals surface area contributed by atoms with Crippen LogP contribution in [0.2, 0.25) is 5.02 Å². The third-order valence-corrected chi connectivity index (χ3v) is 3.38. The number of halogens is 1. The molecule has 0 aliphatic rings. The molecule has 0 bridgehead atoms. The molecule has 1 heterocycles. The zero-order valence-electron chi connectivity index (χ0n) is 12.1. The summed E-state index contributed by atoms with van der Waals surface area (Å²) in [6.45, 7) is 1.42. The molecule has 116 valence electrons. The van der Waals surface area contributed by atoms with E-state index < -0.39 is 5.91 Å². The molecular formula is C16H12ClN3O3. The van der Waals surface area contributed by atoms with Crippen molar-refractivity contribution in [2.75, 3.05) is 10.6 Å². The van der Waals surface area contributed by atoms with E-state index in [-0.39, 0.29) is 11.9 Å². The topological polar surface area (TPSA) is 84.2 Å². The van der Waals surface area contributed by atoms with E-state index in [1.807, 2.05) is 0 Å². The standard InChI is InChI=1S/C16H12ClN3O3/c1-9(21)18-10-6-7-13-14(8-10)23-16(19-13)20-15(22)11-4-2-3-5-12(11)17/h2-8H,1H3,(H,18,21)(H,19,20,22). The van der Waals surface area contributed by atoms with Crippen molar-refractivity contribution in [3.63, 3.8) is 0 Å². The van der Waals surface area contributed by atoms with Crippen molar-refractivity contribution in [3.05, 3.63) is 53.1 Å². The van der Waals surface area contributed by atoms with Crippen LogP contribution in [0.5, 0.6) is 0 Å². The number of aromatic nitrogens is 1. The van der Waals surface area contributed by atoms with Gasteiger partial charge in [-0.3, -0.25) is 14.9 Å². The van der Waals surface area contributed by atoms with Gasteiger partial charge >= 0.3 is 6.01 Å². The van der Waals surface area contributed by atoms with Gasteiger partial charge in [0.1, 0.15) is 5.52 Å². The number of nitrogens with zero attached hydrogens (tertiary/aromatic N) is 1. The molecule has 6 nitrogen and oxygen atoms in total. The van der Waals surface area contributed by atoms with Gasteiger partial charge in [-0.1, -0.05) is 23.7 Å². The van der Waals surface area contributed by atoms with Crippen LogP contribution in [0.4, 0.5) is 11.7 Å². The predicted octanol–water partition coefficient (Wildman–Crippen LogP) is 3.69. The highest BCUT2D eigenvalue weighted by molar-refractivity contribution is 6.34. The fraction of sp³-hybridized carbons (Fsp3) is 0.0625. The third-order valence-electron chi connectivity index (χ3n) is 3.05. The Morgan fingerprint density at radius 2 is 1.91 bits per heavy atom. The van der Waals surface area contributed by atoms with Crippen molar-refractivity contribution in [1.29, 1.82) is 0 Å². The summed E-state index contributed by atoms with van der Waals surface area (Å²) in [7, 11) is 0. The van der Waals surface area contributed by atoms with E-state index >= 15 is 0 Å². The number of benzene rings is 2. The molecule has 23 heavy (non-hydrogen) atoms. The molecule has 0 atom stereocenters. The number of hydrogen-bond donors (Lipinski definition) is 2. The van der Waals surface area contributed by atoms with E-state index in [0.29, 0.717) is 27.4 Å². The Hall–Kier alpha value is -2.86. The molecule has 2 amide bonds. The van der Waals surface area contributed by atoms with Crippen molar-refractivity contribution in [2.45, 2.75) is 6.92 Å². The minimum Gasteiger partial charge on any atom is -0.423 e. The van der Waals surface area contributed by atoms with Gasteiger partial charge in [0, 0.05) is 18.7 Å². The summed E-state index contributed by atoms with van der Waals surface area (Å²) in [4.78, 5) is 27.4. The number of carbonyl (C=O) groups excluding carboxylic acids is 2. The number of amides is 2. The van der Waals surface area contributed by atoms with Crippen LogP contribution in [-0.2, 0) is 4.79 Å². The number of rotatable bonds is 3. The number of oxazole rings is 1. The lowest BCUT2D eigenvalue weighted by Gasteiger charge is -2.02. The Labute approximate surface area is 136 Å². The van der Waals surface area contributed by atoms with Crippen molar-refractivity contribution in [3.8, 4) is 0 Å². The number of carbonyl (C=O) groups is 2. The lowest BCUT2D eigenvalue weighted by Crippen LogP contribution is -2.12. The predicted molar refractivity (Wildman–Crippen MR) is 87.7 cm³/mol. The maximum Gasteiger partial charge on any atom is 0.302 e. The largest absolute Gasteiger partial charge is 0.423 e. The number of nitrogens with one attached hydrogen (secondary N) is 2. The molecule has 0 radical (unpaired) electrons. The van der Waals surface area contributed by atoms with Gasteiger partial charge in [0.05, 0.1) is 10.6 Å². The molecule has 2 N–H and O–H groups in total. The second-order valence-corrected chi connectivity index (χ2v) is 5.22.